The zero-order valence-corrected chi connectivity index (χ0v) is 13.4. The first-order valence-electron chi connectivity index (χ1n) is 6.31. The Hall–Kier alpha value is 0.1000. The van der Waals surface area contributed by atoms with Gasteiger partial charge in [0.15, 0.2) is 0 Å². The van der Waals surface area contributed by atoms with Gasteiger partial charge in [-0.15, -0.1) is 11.3 Å². The Morgan fingerprint density at radius 3 is 2.59 bits per heavy atom. The van der Waals surface area contributed by atoms with Crippen LogP contribution >= 0.6 is 27.3 Å². The minimum absolute atomic E-state index is 0.211. The highest BCUT2D eigenvalue weighted by Crippen LogP contribution is 2.32. The van der Waals surface area contributed by atoms with Crippen molar-refractivity contribution in [1.29, 1.82) is 0 Å². The van der Waals surface area contributed by atoms with Crippen molar-refractivity contribution in [2.45, 2.75) is 45.2 Å². The van der Waals surface area contributed by atoms with Gasteiger partial charge in [-0.2, -0.15) is 0 Å². The van der Waals surface area contributed by atoms with Crippen LogP contribution in [0.5, 0.6) is 0 Å². The number of hydrogen-bond acceptors (Lipinski definition) is 3. The van der Waals surface area contributed by atoms with Gasteiger partial charge in [0.1, 0.15) is 0 Å². The maximum atomic E-state index is 6.28. The summed E-state index contributed by atoms with van der Waals surface area (Å²) in [6.45, 7) is 5.50. The Morgan fingerprint density at radius 1 is 1.41 bits per heavy atom. The first-order valence-corrected chi connectivity index (χ1v) is 7.92. The zero-order chi connectivity index (χ0) is 12.8. The van der Waals surface area contributed by atoms with E-state index in [1.54, 1.807) is 11.3 Å². The molecule has 4 heteroatoms. The molecule has 0 bridgehead atoms. The maximum absolute atomic E-state index is 6.28. The second kappa shape index (κ2) is 7.52. The topological polar surface area (TPSA) is 29.3 Å². The number of likely N-dealkylation sites (N-methyl/N-ethyl adjacent to an activating group) is 1. The minimum Gasteiger partial charge on any atom is -0.326 e. The molecule has 2 N–H and O–H groups in total. The van der Waals surface area contributed by atoms with Crippen molar-refractivity contribution in [1.82, 2.24) is 4.90 Å². The van der Waals surface area contributed by atoms with Crippen molar-refractivity contribution in [3.05, 3.63) is 20.8 Å². The summed E-state index contributed by atoms with van der Waals surface area (Å²) in [5.41, 5.74) is 6.28. The minimum atomic E-state index is 0.211. The lowest BCUT2D eigenvalue weighted by atomic mass is 10.0. The van der Waals surface area contributed by atoms with Crippen LogP contribution in [0.4, 0.5) is 0 Å². The van der Waals surface area contributed by atoms with Crippen molar-refractivity contribution >= 4 is 27.3 Å². The molecular weight excluding hydrogens is 296 g/mol. The Labute approximate surface area is 117 Å². The fraction of sp³-hybridized carbons (Fsp3) is 0.692. The molecule has 0 aromatic carbocycles. The van der Waals surface area contributed by atoms with Crippen LogP contribution < -0.4 is 5.73 Å². The first-order chi connectivity index (χ1) is 8.10. The third-order valence-electron chi connectivity index (χ3n) is 3.10. The van der Waals surface area contributed by atoms with Gasteiger partial charge < -0.3 is 5.73 Å². The Morgan fingerprint density at radius 2 is 2.12 bits per heavy atom. The molecule has 0 saturated heterocycles. The summed E-state index contributed by atoms with van der Waals surface area (Å²) in [5.74, 6) is 0. The van der Waals surface area contributed by atoms with Gasteiger partial charge in [0.2, 0.25) is 0 Å². The molecule has 0 aliphatic carbocycles. The van der Waals surface area contributed by atoms with Crippen LogP contribution in [0.25, 0.3) is 0 Å². The van der Waals surface area contributed by atoms with Crippen LogP contribution in [0.2, 0.25) is 0 Å². The third kappa shape index (κ3) is 4.36. The smallest absolute Gasteiger partial charge is 0.0702 e. The van der Waals surface area contributed by atoms with Crippen molar-refractivity contribution < 1.29 is 0 Å². The maximum Gasteiger partial charge on any atom is 0.0702 e. The molecule has 2 unspecified atom stereocenters. The first kappa shape index (κ1) is 15.2. The Kier molecular flexibility index (Phi) is 6.70. The predicted octanol–water partition coefficient (Wildman–Crippen LogP) is 4.02. The summed E-state index contributed by atoms with van der Waals surface area (Å²) in [4.78, 5) is 3.76. The highest BCUT2D eigenvalue weighted by Gasteiger charge is 2.24. The van der Waals surface area contributed by atoms with Crippen molar-refractivity contribution in [3.63, 3.8) is 0 Å². The standard InChI is InChI=1S/C13H23BrN2S/c1-4-6-9-16(3)13(10(15)5-2)11-7-8-12(14)17-11/h7-8,10,13H,4-6,9,15H2,1-3H3. The normalized spacial score (nSPS) is 15.2. The van der Waals surface area contributed by atoms with Gasteiger partial charge >= 0.3 is 0 Å². The van der Waals surface area contributed by atoms with Gasteiger partial charge in [-0.25, -0.2) is 0 Å². The predicted molar refractivity (Wildman–Crippen MR) is 80.6 cm³/mol. The lowest BCUT2D eigenvalue weighted by Crippen LogP contribution is -2.38. The third-order valence-corrected chi connectivity index (χ3v) is 4.80. The summed E-state index contributed by atoms with van der Waals surface area (Å²) < 4.78 is 1.18. The van der Waals surface area contributed by atoms with E-state index in [0.717, 1.165) is 13.0 Å². The molecule has 2 nitrogen and oxygen atoms in total. The van der Waals surface area contributed by atoms with Crippen LogP contribution in [0.15, 0.2) is 15.9 Å². The highest BCUT2D eigenvalue weighted by atomic mass is 79.9. The Bertz CT molecular complexity index is 327. The van der Waals surface area contributed by atoms with Gasteiger partial charge in [0.25, 0.3) is 0 Å². The van der Waals surface area contributed by atoms with Crippen molar-refractivity contribution in [2.75, 3.05) is 13.6 Å². The molecule has 1 aromatic heterocycles. The molecule has 0 aliphatic rings. The van der Waals surface area contributed by atoms with E-state index < -0.39 is 0 Å². The van der Waals surface area contributed by atoms with Crippen LogP contribution in [-0.2, 0) is 0 Å². The van der Waals surface area contributed by atoms with Gasteiger partial charge in [-0.1, -0.05) is 20.3 Å². The van der Waals surface area contributed by atoms with Crippen molar-refractivity contribution in [3.8, 4) is 0 Å². The molecule has 0 radical (unpaired) electrons. The number of hydrogen-bond donors (Lipinski definition) is 1. The summed E-state index contributed by atoms with van der Waals surface area (Å²) in [6.07, 6.45) is 3.47. The summed E-state index contributed by atoms with van der Waals surface area (Å²) in [7, 11) is 2.18. The number of rotatable bonds is 7. The van der Waals surface area contributed by atoms with E-state index in [1.807, 2.05) is 0 Å². The molecule has 1 rings (SSSR count). The van der Waals surface area contributed by atoms with E-state index in [4.69, 9.17) is 5.73 Å². The van der Waals surface area contributed by atoms with Gasteiger partial charge in [-0.3, -0.25) is 4.90 Å². The molecule has 2 atom stereocenters. The molecule has 98 valence electrons. The SMILES string of the molecule is CCCCN(C)C(c1ccc(Br)s1)C(N)CC. The van der Waals surface area contributed by atoms with Crippen LogP contribution in [0, 0.1) is 0 Å². The molecule has 1 aromatic rings. The van der Waals surface area contributed by atoms with E-state index in [2.05, 4.69) is 53.9 Å². The van der Waals surface area contributed by atoms with Gasteiger partial charge in [0.05, 0.1) is 9.83 Å². The molecule has 0 fully saturated rings. The van der Waals surface area contributed by atoms with Crippen molar-refractivity contribution in [2.24, 2.45) is 5.73 Å². The molecule has 1 heterocycles. The van der Waals surface area contributed by atoms with E-state index in [-0.39, 0.29) is 6.04 Å². The largest absolute Gasteiger partial charge is 0.326 e. The number of thiophene rings is 1. The zero-order valence-electron chi connectivity index (χ0n) is 10.9. The molecule has 17 heavy (non-hydrogen) atoms. The fourth-order valence-electron chi connectivity index (χ4n) is 2.01. The summed E-state index contributed by atoms with van der Waals surface area (Å²) in [5, 5.41) is 0. The number of nitrogens with two attached hydrogens (primary N) is 1. The molecule has 0 aliphatic heterocycles. The lowest BCUT2D eigenvalue weighted by molar-refractivity contribution is 0.210. The average Bonchev–Trinajstić information content (AvgIpc) is 2.73. The molecule has 0 saturated carbocycles. The second-order valence-corrected chi connectivity index (χ2v) is 6.99. The quantitative estimate of drug-likeness (QED) is 0.822. The van der Waals surface area contributed by atoms with Crippen LogP contribution in [-0.4, -0.2) is 24.5 Å². The Balaban J connectivity index is 2.80. The average molecular weight is 319 g/mol. The van der Waals surface area contributed by atoms with E-state index in [1.165, 1.54) is 21.5 Å². The molecule has 0 amide bonds. The van der Waals surface area contributed by atoms with E-state index >= 15 is 0 Å². The summed E-state index contributed by atoms with van der Waals surface area (Å²) in [6, 6.07) is 4.87. The lowest BCUT2D eigenvalue weighted by Gasteiger charge is -2.31. The van der Waals surface area contributed by atoms with Crippen LogP contribution in [0.3, 0.4) is 0 Å². The summed E-state index contributed by atoms with van der Waals surface area (Å²) >= 11 is 5.33. The van der Waals surface area contributed by atoms with E-state index in [9.17, 15) is 0 Å². The molecule has 0 spiro atoms. The highest BCUT2D eigenvalue weighted by molar-refractivity contribution is 9.11. The van der Waals surface area contributed by atoms with Crippen LogP contribution in [0.1, 0.15) is 44.0 Å². The molecular formula is C13H23BrN2S. The monoisotopic (exact) mass is 318 g/mol. The van der Waals surface area contributed by atoms with Gasteiger partial charge in [0, 0.05) is 10.9 Å². The number of nitrogens with zero attached hydrogens (tertiary/aromatic N) is 1. The second-order valence-electron chi connectivity index (χ2n) is 4.49. The number of unbranched alkanes of at least 4 members (excludes halogenated alkanes) is 1. The fourth-order valence-corrected chi connectivity index (χ4v) is 3.68. The van der Waals surface area contributed by atoms with E-state index in [0.29, 0.717) is 6.04 Å². The van der Waals surface area contributed by atoms with Gasteiger partial charge in [-0.05, 0) is 54.5 Å². The number of halogens is 1.